The van der Waals surface area contributed by atoms with E-state index in [4.69, 9.17) is 11.6 Å². The third kappa shape index (κ3) is 3.11. The van der Waals surface area contributed by atoms with Crippen LogP contribution in [0.5, 0.6) is 0 Å². The van der Waals surface area contributed by atoms with Crippen LogP contribution in [0.4, 0.5) is 11.5 Å². The molecule has 4 aromatic rings. The fourth-order valence-corrected chi connectivity index (χ4v) is 4.17. The lowest BCUT2D eigenvalue weighted by Gasteiger charge is -2.10. The Balaban J connectivity index is 1.92. The van der Waals surface area contributed by atoms with Crippen molar-refractivity contribution < 1.29 is 0 Å². The zero-order valence-corrected chi connectivity index (χ0v) is 15.4. The second kappa shape index (κ2) is 6.47. The molecule has 2 heterocycles. The van der Waals surface area contributed by atoms with Crippen LogP contribution in [0.25, 0.3) is 21.3 Å². The van der Waals surface area contributed by atoms with Crippen LogP contribution in [0.1, 0.15) is 10.4 Å². The van der Waals surface area contributed by atoms with Crippen LogP contribution in [0, 0.1) is 13.8 Å². The van der Waals surface area contributed by atoms with Gasteiger partial charge in [0, 0.05) is 16.1 Å². The van der Waals surface area contributed by atoms with Gasteiger partial charge in [-0.05, 0) is 43.1 Å². The van der Waals surface area contributed by atoms with Gasteiger partial charge in [0.05, 0.1) is 5.39 Å². The van der Waals surface area contributed by atoms with Gasteiger partial charge < -0.3 is 5.32 Å². The van der Waals surface area contributed by atoms with Gasteiger partial charge in [0.25, 0.3) is 0 Å². The first-order valence-corrected chi connectivity index (χ1v) is 9.17. The van der Waals surface area contributed by atoms with Crippen LogP contribution in [0.2, 0.25) is 5.28 Å². The molecule has 4 rings (SSSR count). The molecule has 0 radical (unpaired) electrons. The van der Waals surface area contributed by atoms with Crippen molar-refractivity contribution in [3.05, 3.63) is 70.3 Å². The van der Waals surface area contributed by atoms with E-state index in [0.717, 1.165) is 32.8 Å². The van der Waals surface area contributed by atoms with Gasteiger partial charge >= 0.3 is 0 Å². The highest BCUT2D eigenvalue weighted by Crippen LogP contribution is 2.41. The van der Waals surface area contributed by atoms with Crippen molar-refractivity contribution >= 4 is 44.7 Å². The van der Waals surface area contributed by atoms with Gasteiger partial charge in [0.1, 0.15) is 10.6 Å². The third-order valence-electron chi connectivity index (χ3n) is 4.08. The minimum absolute atomic E-state index is 0.253. The number of aromatic nitrogens is 2. The van der Waals surface area contributed by atoms with Crippen molar-refractivity contribution in [1.29, 1.82) is 0 Å². The van der Waals surface area contributed by atoms with Crippen molar-refractivity contribution in [2.75, 3.05) is 5.32 Å². The van der Waals surface area contributed by atoms with E-state index in [-0.39, 0.29) is 5.28 Å². The Morgan fingerprint density at radius 2 is 1.64 bits per heavy atom. The second-order valence-electron chi connectivity index (χ2n) is 5.91. The number of benzene rings is 2. The van der Waals surface area contributed by atoms with Crippen LogP contribution in [-0.2, 0) is 0 Å². The van der Waals surface area contributed by atoms with E-state index in [1.165, 1.54) is 10.4 Å². The zero-order chi connectivity index (χ0) is 17.4. The number of hydrogen-bond acceptors (Lipinski definition) is 4. The molecule has 0 unspecified atom stereocenters. The van der Waals surface area contributed by atoms with Crippen LogP contribution in [-0.4, -0.2) is 9.97 Å². The molecular weight excluding hydrogens is 350 g/mol. The van der Waals surface area contributed by atoms with Crippen molar-refractivity contribution in [2.45, 2.75) is 13.8 Å². The molecule has 0 saturated heterocycles. The molecule has 0 aliphatic heterocycles. The first-order valence-electron chi connectivity index (χ1n) is 7.97. The van der Waals surface area contributed by atoms with Crippen LogP contribution >= 0.6 is 22.9 Å². The Kier molecular flexibility index (Phi) is 4.15. The lowest BCUT2D eigenvalue weighted by Crippen LogP contribution is -1.97. The van der Waals surface area contributed by atoms with Crippen molar-refractivity contribution in [3.8, 4) is 11.1 Å². The van der Waals surface area contributed by atoms with Gasteiger partial charge in [-0.15, -0.1) is 11.3 Å². The number of halogens is 1. The van der Waals surface area contributed by atoms with Gasteiger partial charge in [-0.2, -0.15) is 4.98 Å². The molecule has 0 aliphatic rings. The number of anilines is 2. The molecule has 0 fully saturated rings. The molecular formula is C20H16ClN3S. The standard InChI is InChI=1S/C20H16ClN3S/c1-12-8-10-15(11-9-12)22-18-17-16(14-6-4-3-5-7-14)13(2)25-19(17)24-20(21)23-18/h3-11H,1-2H3,(H,22,23,24). The highest BCUT2D eigenvalue weighted by Gasteiger charge is 2.18. The number of nitrogens with one attached hydrogen (secondary N) is 1. The number of hydrogen-bond donors (Lipinski definition) is 1. The maximum Gasteiger partial charge on any atom is 0.225 e. The number of fused-ring (bicyclic) bond motifs is 1. The Morgan fingerprint density at radius 3 is 2.36 bits per heavy atom. The van der Waals surface area contributed by atoms with E-state index in [0.29, 0.717) is 0 Å². The number of thiophene rings is 1. The molecule has 1 N–H and O–H groups in total. The molecule has 0 bridgehead atoms. The first kappa shape index (κ1) is 16.1. The molecule has 0 amide bonds. The molecule has 124 valence electrons. The quantitative estimate of drug-likeness (QED) is 0.428. The topological polar surface area (TPSA) is 37.8 Å². The number of aryl methyl sites for hydroxylation is 2. The minimum atomic E-state index is 0.253. The Morgan fingerprint density at radius 1 is 0.920 bits per heavy atom. The lowest BCUT2D eigenvalue weighted by atomic mass is 10.0. The van der Waals surface area contributed by atoms with Crippen molar-refractivity contribution in [2.24, 2.45) is 0 Å². The predicted octanol–water partition coefficient (Wildman–Crippen LogP) is 6.37. The molecule has 25 heavy (non-hydrogen) atoms. The molecule has 0 saturated carbocycles. The average Bonchev–Trinajstić information content (AvgIpc) is 2.93. The molecule has 3 nitrogen and oxygen atoms in total. The van der Waals surface area contributed by atoms with E-state index in [9.17, 15) is 0 Å². The summed E-state index contributed by atoms with van der Waals surface area (Å²) < 4.78 is 0. The first-order chi connectivity index (χ1) is 12.1. The van der Waals surface area contributed by atoms with Gasteiger partial charge in [0.2, 0.25) is 5.28 Å². The molecule has 0 spiro atoms. The average molecular weight is 366 g/mol. The van der Waals surface area contributed by atoms with E-state index in [2.05, 4.69) is 53.4 Å². The molecule has 5 heteroatoms. The second-order valence-corrected chi connectivity index (χ2v) is 7.45. The summed E-state index contributed by atoms with van der Waals surface area (Å²) in [6.07, 6.45) is 0. The fourth-order valence-electron chi connectivity index (χ4n) is 2.90. The molecule has 0 aliphatic carbocycles. The summed E-state index contributed by atoms with van der Waals surface area (Å²) in [4.78, 5) is 11.0. The van der Waals surface area contributed by atoms with Gasteiger partial charge in [-0.1, -0.05) is 48.0 Å². The summed E-state index contributed by atoms with van der Waals surface area (Å²) in [6, 6.07) is 18.5. The van der Waals surface area contributed by atoms with E-state index < -0.39 is 0 Å². The van der Waals surface area contributed by atoms with E-state index in [1.807, 2.05) is 30.3 Å². The van der Waals surface area contributed by atoms with Crippen LogP contribution in [0.3, 0.4) is 0 Å². The van der Waals surface area contributed by atoms with E-state index in [1.54, 1.807) is 11.3 Å². The zero-order valence-electron chi connectivity index (χ0n) is 13.9. The Bertz CT molecular complexity index is 1040. The third-order valence-corrected chi connectivity index (χ3v) is 5.25. The summed E-state index contributed by atoms with van der Waals surface area (Å²) in [5.74, 6) is 0.738. The molecule has 2 aromatic carbocycles. The number of nitrogens with zero attached hydrogens (tertiary/aromatic N) is 2. The molecule has 2 aromatic heterocycles. The maximum absolute atomic E-state index is 6.17. The summed E-state index contributed by atoms with van der Waals surface area (Å²) >= 11 is 7.81. The Hall–Kier alpha value is -2.43. The SMILES string of the molecule is Cc1ccc(Nc2nc(Cl)nc3sc(C)c(-c4ccccc4)c23)cc1. The lowest BCUT2D eigenvalue weighted by molar-refractivity contribution is 1.23. The smallest absolute Gasteiger partial charge is 0.225 e. The highest BCUT2D eigenvalue weighted by atomic mass is 35.5. The maximum atomic E-state index is 6.17. The fraction of sp³-hybridized carbons (Fsp3) is 0.100. The van der Waals surface area contributed by atoms with Gasteiger partial charge in [-0.25, -0.2) is 4.98 Å². The summed E-state index contributed by atoms with van der Waals surface area (Å²) in [7, 11) is 0. The van der Waals surface area contributed by atoms with Crippen molar-refractivity contribution in [1.82, 2.24) is 9.97 Å². The van der Waals surface area contributed by atoms with E-state index >= 15 is 0 Å². The highest BCUT2D eigenvalue weighted by molar-refractivity contribution is 7.19. The normalized spacial score (nSPS) is 11.0. The van der Waals surface area contributed by atoms with Gasteiger partial charge in [-0.3, -0.25) is 0 Å². The summed E-state index contributed by atoms with van der Waals surface area (Å²) in [5.41, 5.74) is 4.51. The van der Waals surface area contributed by atoms with Gasteiger partial charge in [0.15, 0.2) is 0 Å². The minimum Gasteiger partial charge on any atom is -0.340 e. The summed E-state index contributed by atoms with van der Waals surface area (Å²) in [6.45, 7) is 4.18. The predicted molar refractivity (Wildman–Crippen MR) is 107 cm³/mol. The molecule has 0 atom stereocenters. The van der Waals surface area contributed by atoms with Crippen LogP contribution in [0.15, 0.2) is 54.6 Å². The Labute approximate surface area is 155 Å². The van der Waals surface area contributed by atoms with Crippen LogP contribution < -0.4 is 5.32 Å². The van der Waals surface area contributed by atoms with Crippen molar-refractivity contribution in [3.63, 3.8) is 0 Å². The number of rotatable bonds is 3. The largest absolute Gasteiger partial charge is 0.340 e. The summed E-state index contributed by atoms with van der Waals surface area (Å²) in [5, 5.41) is 4.67. The monoisotopic (exact) mass is 365 g/mol.